The molecular weight excluding hydrogens is 493 g/mol. The number of likely N-dealkylation sites (tertiary alicyclic amines) is 1. The fourth-order valence-electron chi connectivity index (χ4n) is 4.87. The second-order valence-corrected chi connectivity index (χ2v) is 9.03. The van der Waals surface area contributed by atoms with Crippen LogP contribution in [0.3, 0.4) is 0 Å². The Balaban J connectivity index is 1.33. The molecule has 11 nitrogen and oxygen atoms in total. The van der Waals surface area contributed by atoms with Gasteiger partial charge in [0.1, 0.15) is 18.6 Å². The number of hydrogen-bond donors (Lipinski definition) is 2. The Labute approximate surface area is 208 Å². The number of fused-ring (bicyclic) bond motifs is 1. The Morgan fingerprint density at radius 2 is 1.95 bits per heavy atom. The molecule has 3 aromatic heterocycles. The number of aromatic amines is 1. The van der Waals surface area contributed by atoms with E-state index >= 15 is 0 Å². The van der Waals surface area contributed by atoms with E-state index in [1.54, 1.807) is 41.7 Å². The summed E-state index contributed by atoms with van der Waals surface area (Å²) in [5.74, 6) is -1.50. The van der Waals surface area contributed by atoms with Crippen molar-refractivity contribution in [3.8, 4) is 0 Å². The molecule has 14 heteroatoms. The molecule has 2 aliphatic rings. The summed E-state index contributed by atoms with van der Waals surface area (Å²) in [5.41, 5.74) is 0.548. The average Bonchev–Trinajstić information content (AvgIpc) is 3.46. The Hall–Kier alpha value is -4.23. The van der Waals surface area contributed by atoms with E-state index < -0.39 is 30.7 Å². The fraction of sp³-hybridized carbons (Fsp3) is 0.391. The topological polar surface area (TPSA) is 127 Å². The summed E-state index contributed by atoms with van der Waals surface area (Å²) in [4.78, 5) is 52.0. The van der Waals surface area contributed by atoms with Gasteiger partial charge in [-0.15, -0.1) is 0 Å². The van der Waals surface area contributed by atoms with E-state index in [0.717, 1.165) is 0 Å². The van der Waals surface area contributed by atoms with Crippen LogP contribution < -0.4 is 10.2 Å². The van der Waals surface area contributed by atoms with E-state index in [-0.39, 0.29) is 44.4 Å². The number of nitrogens with one attached hydrogen (secondary N) is 2. The smallest absolute Gasteiger partial charge is 0.345 e. The van der Waals surface area contributed by atoms with E-state index in [0.29, 0.717) is 22.3 Å². The van der Waals surface area contributed by atoms with E-state index in [2.05, 4.69) is 20.2 Å². The van der Waals surface area contributed by atoms with Crippen LogP contribution in [0.2, 0.25) is 0 Å². The minimum absolute atomic E-state index is 0.0129. The molecule has 3 amide bonds. The lowest BCUT2D eigenvalue weighted by Gasteiger charge is -2.43. The first-order valence-electron chi connectivity index (χ1n) is 11.6. The van der Waals surface area contributed by atoms with Crippen LogP contribution in [0.5, 0.6) is 0 Å². The van der Waals surface area contributed by atoms with Crippen molar-refractivity contribution in [2.45, 2.75) is 24.6 Å². The van der Waals surface area contributed by atoms with Gasteiger partial charge < -0.3 is 20.0 Å². The lowest BCUT2D eigenvalue weighted by molar-refractivity contribution is -0.142. The molecule has 3 aromatic rings. The SMILES string of the molecule is O=C(CN1CN(c2cccnc2)C2(CCN(C(=O)c3cnc4[nH]ncc4c3)CC2)C1=O)NCC(F)(F)F. The van der Waals surface area contributed by atoms with Gasteiger partial charge in [-0.2, -0.15) is 18.3 Å². The number of alkyl halides is 3. The van der Waals surface area contributed by atoms with Crippen LogP contribution in [0.4, 0.5) is 18.9 Å². The van der Waals surface area contributed by atoms with Gasteiger partial charge >= 0.3 is 6.18 Å². The van der Waals surface area contributed by atoms with Gasteiger partial charge in [-0.3, -0.25) is 24.5 Å². The maximum atomic E-state index is 13.6. The molecule has 5 rings (SSSR count). The maximum Gasteiger partial charge on any atom is 0.405 e. The summed E-state index contributed by atoms with van der Waals surface area (Å²) in [7, 11) is 0. The van der Waals surface area contributed by atoms with Gasteiger partial charge in [0.15, 0.2) is 5.65 Å². The van der Waals surface area contributed by atoms with E-state index in [4.69, 9.17) is 0 Å². The van der Waals surface area contributed by atoms with Gasteiger partial charge in [0.05, 0.1) is 30.3 Å². The summed E-state index contributed by atoms with van der Waals surface area (Å²) in [5, 5.41) is 9.16. The lowest BCUT2D eigenvalue weighted by Crippen LogP contribution is -2.57. The molecule has 1 spiro atoms. The van der Waals surface area contributed by atoms with Crippen molar-refractivity contribution in [3.63, 3.8) is 0 Å². The molecule has 37 heavy (non-hydrogen) atoms. The summed E-state index contributed by atoms with van der Waals surface area (Å²) in [6, 6.07) is 5.19. The Morgan fingerprint density at radius 1 is 1.16 bits per heavy atom. The highest BCUT2D eigenvalue weighted by Gasteiger charge is 2.54. The highest BCUT2D eigenvalue weighted by molar-refractivity contribution is 5.98. The predicted molar refractivity (Wildman–Crippen MR) is 124 cm³/mol. The number of piperidine rings is 1. The number of anilines is 1. The van der Waals surface area contributed by atoms with Gasteiger partial charge in [-0.05, 0) is 31.0 Å². The van der Waals surface area contributed by atoms with Crippen molar-refractivity contribution in [2.75, 3.05) is 37.7 Å². The third-order valence-corrected chi connectivity index (χ3v) is 6.71. The van der Waals surface area contributed by atoms with Crippen LogP contribution in [0.15, 0.2) is 43.0 Å². The summed E-state index contributed by atoms with van der Waals surface area (Å²) < 4.78 is 37.5. The molecule has 0 saturated carbocycles. The zero-order chi connectivity index (χ0) is 26.2. The molecule has 0 radical (unpaired) electrons. The van der Waals surface area contributed by atoms with Gasteiger partial charge in [-0.25, -0.2) is 4.98 Å². The van der Waals surface area contributed by atoms with Crippen LogP contribution in [0, 0.1) is 0 Å². The highest BCUT2D eigenvalue weighted by Crippen LogP contribution is 2.39. The molecule has 194 valence electrons. The molecule has 0 unspecified atom stereocenters. The molecule has 2 fully saturated rings. The third kappa shape index (κ3) is 4.78. The lowest BCUT2D eigenvalue weighted by atomic mass is 9.85. The van der Waals surface area contributed by atoms with Crippen LogP contribution >= 0.6 is 0 Å². The van der Waals surface area contributed by atoms with Gasteiger partial charge in [0.25, 0.3) is 11.8 Å². The number of amides is 3. The van der Waals surface area contributed by atoms with E-state index in [1.165, 1.54) is 11.1 Å². The van der Waals surface area contributed by atoms with Gasteiger partial charge in [0.2, 0.25) is 5.91 Å². The van der Waals surface area contributed by atoms with Crippen LogP contribution in [0.1, 0.15) is 23.2 Å². The second-order valence-electron chi connectivity index (χ2n) is 9.03. The first kappa shape index (κ1) is 24.5. The number of rotatable bonds is 5. The third-order valence-electron chi connectivity index (χ3n) is 6.71. The molecule has 2 saturated heterocycles. The molecule has 0 aliphatic carbocycles. The van der Waals surface area contributed by atoms with Crippen molar-refractivity contribution in [1.82, 2.24) is 35.3 Å². The van der Waals surface area contributed by atoms with Crippen molar-refractivity contribution >= 4 is 34.4 Å². The van der Waals surface area contributed by atoms with Crippen LogP contribution in [0.25, 0.3) is 11.0 Å². The standard InChI is InChI=1S/C23H23F3N8O3/c24-23(25,26)13-29-18(35)12-33-14-34(17-2-1-5-27-11-17)22(21(33)37)3-6-32(7-4-22)20(36)16-8-15-10-30-31-19(15)28-9-16/h1-2,5,8-11H,3-4,6-7,12-14H2,(H,29,35)(H,28,30,31). The summed E-state index contributed by atoms with van der Waals surface area (Å²) >= 11 is 0. The monoisotopic (exact) mass is 516 g/mol. The van der Waals surface area contributed by atoms with Crippen molar-refractivity contribution in [1.29, 1.82) is 0 Å². The average molecular weight is 516 g/mol. The number of aromatic nitrogens is 4. The zero-order valence-electron chi connectivity index (χ0n) is 19.5. The number of pyridine rings is 2. The molecule has 5 heterocycles. The Kier molecular flexibility index (Phi) is 6.17. The first-order chi connectivity index (χ1) is 17.7. The number of hydrogen-bond acceptors (Lipinski definition) is 7. The first-order valence-corrected chi connectivity index (χ1v) is 11.6. The van der Waals surface area contributed by atoms with Crippen molar-refractivity contribution in [3.05, 3.63) is 48.5 Å². The number of halogens is 3. The Morgan fingerprint density at radius 3 is 2.65 bits per heavy atom. The minimum atomic E-state index is -4.55. The summed E-state index contributed by atoms with van der Waals surface area (Å²) in [6.07, 6.45) is 2.21. The highest BCUT2D eigenvalue weighted by atomic mass is 19.4. The van der Waals surface area contributed by atoms with Gasteiger partial charge in [-0.1, -0.05) is 0 Å². The largest absolute Gasteiger partial charge is 0.405 e. The maximum absolute atomic E-state index is 13.6. The zero-order valence-corrected chi connectivity index (χ0v) is 19.5. The normalized spacial score (nSPS) is 17.6. The van der Waals surface area contributed by atoms with Gasteiger partial charge in [0, 0.05) is 30.9 Å². The summed E-state index contributed by atoms with van der Waals surface area (Å²) in [6.45, 7) is -1.44. The van der Waals surface area contributed by atoms with Crippen molar-refractivity contribution < 1.29 is 27.6 Å². The van der Waals surface area contributed by atoms with E-state index in [1.807, 2.05) is 10.2 Å². The van der Waals surface area contributed by atoms with E-state index in [9.17, 15) is 27.6 Å². The second kappa shape index (κ2) is 9.33. The molecule has 0 aromatic carbocycles. The molecule has 2 N–H and O–H groups in total. The predicted octanol–water partition coefficient (Wildman–Crippen LogP) is 1.31. The fourth-order valence-corrected chi connectivity index (χ4v) is 4.87. The number of nitrogens with zero attached hydrogens (tertiary/aromatic N) is 6. The molecule has 2 aliphatic heterocycles. The molecular formula is C23H23F3N8O3. The molecule has 0 atom stereocenters. The molecule has 0 bridgehead atoms. The minimum Gasteiger partial charge on any atom is -0.345 e. The Bertz CT molecular complexity index is 1320. The number of carbonyl (C=O) groups excluding carboxylic acids is 3. The number of H-pyrrole nitrogens is 1. The van der Waals surface area contributed by atoms with Crippen LogP contribution in [-0.4, -0.2) is 92.2 Å². The quantitative estimate of drug-likeness (QED) is 0.524. The van der Waals surface area contributed by atoms with Crippen molar-refractivity contribution in [2.24, 2.45) is 0 Å². The number of carbonyl (C=O) groups is 3. The van der Waals surface area contributed by atoms with Crippen LogP contribution in [-0.2, 0) is 9.59 Å².